The lowest BCUT2D eigenvalue weighted by molar-refractivity contribution is 0.244. The zero-order chi connectivity index (χ0) is 15.9. The average molecular weight is 327 g/mol. The lowest BCUT2D eigenvalue weighted by Gasteiger charge is -2.37. The SMILES string of the molecule is O=S1(=O)Oc2ccccc2C2(/C=C/c3ccccc3)CN=NN21. The van der Waals surface area contributed by atoms with Crippen molar-refractivity contribution in [2.45, 2.75) is 5.54 Å². The van der Waals surface area contributed by atoms with Crippen molar-refractivity contribution in [2.75, 3.05) is 6.54 Å². The van der Waals surface area contributed by atoms with Gasteiger partial charge in [-0.25, -0.2) is 0 Å². The topological polar surface area (TPSA) is 71.3 Å². The fourth-order valence-electron chi connectivity index (χ4n) is 2.82. The van der Waals surface area contributed by atoms with Crippen LogP contribution in [0.3, 0.4) is 0 Å². The molecule has 0 aromatic heterocycles. The lowest BCUT2D eigenvalue weighted by atomic mass is 9.89. The van der Waals surface area contributed by atoms with E-state index in [1.54, 1.807) is 12.1 Å². The van der Waals surface area contributed by atoms with Crippen molar-refractivity contribution in [3.8, 4) is 5.75 Å². The fourth-order valence-corrected chi connectivity index (χ4v) is 4.02. The van der Waals surface area contributed by atoms with Gasteiger partial charge in [0.25, 0.3) is 0 Å². The van der Waals surface area contributed by atoms with Crippen molar-refractivity contribution < 1.29 is 12.6 Å². The minimum absolute atomic E-state index is 0.218. The Morgan fingerprint density at radius 1 is 1.09 bits per heavy atom. The molecule has 0 bridgehead atoms. The summed E-state index contributed by atoms with van der Waals surface area (Å²) in [5, 5.41) is 7.74. The van der Waals surface area contributed by atoms with Crippen LogP contribution in [-0.4, -0.2) is 19.4 Å². The van der Waals surface area contributed by atoms with E-state index >= 15 is 0 Å². The molecule has 2 aliphatic rings. The Labute approximate surface area is 134 Å². The number of nitrogens with zero attached hydrogens (tertiary/aromatic N) is 3. The van der Waals surface area contributed by atoms with Crippen LogP contribution in [0.1, 0.15) is 11.1 Å². The van der Waals surface area contributed by atoms with Crippen LogP contribution < -0.4 is 4.18 Å². The second kappa shape index (κ2) is 4.92. The van der Waals surface area contributed by atoms with Crippen LogP contribution in [0.25, 0.3) is 6.08 Å². The van der Waals surface area contributed by atoms with Crippen molar-refractivity contribution in [3.63, 3.8) is 0 Å². The van der Waals surface area contributed by atoms with E-state index in [4.69, 9.17) is 4.18 Å². The molecule has 116 valence electrons. The van der Waals surface area contributed by atoms with E-state index in [9.17, 15) is 8.42 Å². The van der Waals surface area contributed by atoms with E-state index in [1.165, 1.54) is 0 Å². The van der Waals surface area contributed by atoms with Crippen molar-refractivity contribution in [1.29, 1.82) is 0 Å². The maximum absolute atomic E-state index is 12.4. The second-order valence-electron chi connectivity index (χ2n) is 5.34. The molecule has 2 aromatic carbocycles. The van der Waals surface area contributed by atoms with Crippen LogP contribution in [-0.2, 0) is 15.8 Å². The lowest BCUT2D eigenvalue weighted by Crippen LogP contribution is -2.49. The molecule has 0 spiro atoms. The van der Waals surface area contributed by atoms with Crippen molar-refractivity contribution in [1.82, 2.24) is 4.41 Å². The Morgan fingerprint density at radius 2 is 1.83 bits per heavy atom. The maximum atomic E-state index is 12.4. The largest absolute Gasteiger partial charge is 0.427 e. The van der Waals surface area contributed by atoms with Gasteiger partial charge in [-0.2, -0.15) is 13.5 Å². The highest BCUT2D eigenvalue weighted by atomic mass is 32.2. The Balaban J connectivity index is 1.89. The Bertz CT molecular complexity index is 909. The summed E-state index contributed by atoms with van der Waals surface area (Å²) in [5.41, 5.74) is 0.714. The summed E-state index contributed by atoms with van der Waals surface area (Å²) in [5.74, 6) is 0.314. The minimum atomic E-state index is -4.01. The molecule has 1 unspecified atom stereocenters. The van der Waals surface area contributed by atoms with Gasteiger partial charge < -0.3 is 4.18 Å². The number of fused-ring (bicyclic) bond motifs is 3. The molecule has 0 fully saturated rings. The summed E-state index contributed by atoms with van der Waals surface area (Å²) in [4.78, 5) is 0. The first kappa shape index (κ1) is 14.0. The predicted octanol–water partition coefficient (Wildman–Crippen LogP) is 2.92. The van der Waals surface area contributed by atoms with Gasteiger partial charge in [0, 0.05) is 5.56 Å². The van der Waals surface area contributed by atoms with Gasteiger partial charge in [-0.1, -0.05) is 59.8 Å². The van der Waals surface area contributed by atoms with Gasteiger partial charge in [0.2, 0.25) is 0 Å². The van der Waals surface area contributed by atoms with E-state index in [2.05, 4.69) is 10.3 Å². The second-order valence-corrected chi connectivity index (χ2v) is 6.71. The smallest absolute Gasteiger partial charge is 0.365 e. The van der Waals surface area contributed by atoms with Gasteiger partial charge in [0.05, 0.1) is 6.54 Å². The molecule has 1 atom stereocenters. The van der Waals surface area contributed by atoms with E-state index in [0.29, 0.717) is 5.75 Å². The molecule has 6 nitrogen and oxygen atoms in total. The first-order valence-corrected chi connectivity index (χ1v) is 8.44. The van der Waals surface area contributed by atoms with E-state index < -0.39 is 15.8 Å². The number of hydrogen-bond donors (Lipinski definition) is 0. The summed E-state index contributed by atoms with van der Waals surface area (Å²) < 4.78 is 30.8. The van der Waals surface area contributed by atoms with Crippen LogP contribution in [0.5, 0.6) is 5.75 Å². The van der Waals surface area contributed by atoms with E-state index in [1.807, 2.05) is 54.6 Å². The number of hydrogen-bond acceptors (Lipinski definition) is 5. The molecule has 0 radical (unpaired) electrons. The zero-order valence-electron chi connectivity index (χ0n) is 12.0. The quantitative estimate of drug-likeness (QED) is 0.851. The molecule has 0 saturated carbocycles. The van der Waals surface area contributed by atoms with Gasteiger partial charge in [-0.05, 0) is 17.7 Å². The molecule has 4 rings (SSSR count). The number of para-hydroxylation sites is 1. The number of benzene rings is 2. The summed E-state index contributed by atoms with van der Waals surface area (Å²) in [7, 11) is -4.01. The molecule has 2 aliphatic heterocycles. The van der Waals surface area contributed by atoms with E-state index in [0.717, 1.165) is 15.5 Å². The highest BCUT2D eigenvalue weighted by molar-refractivity contribution is 7.84. The van der Waals surface area contributed by atoms with E-state index in [-0.39, 0.29) is 6.54 Å². The molecule has 0 saturated heterocycles. The van der Waals surface area contributed by atoms with Crippen molar-refractivity contribution in [2.24, 2.45) is 10.3 Å². The molecular formula is C16H13N3O3S. The van der Waals surface area contributed by atoms with Crippen LogP contribution >= 0.6 is 0 Å². The molecule has 0 N–H and O–H groups in total. The van der Waals surface area contributed by atoms with Crippen molar-refractivity contribution >= 4 is 16.4 Å². The Morgan fingerprint density at radius 3 is 2.65 bits per heavy atom. The minimum Gasteiger partial charge on any atom is -0.365 e. The summed E-state index contributed by atoms with van der Waals surface area (Å²) >= 11 is 0. The average Bonchev–Trinajstić information content (AvgIpc) is 3.00. The van der Waals surface area contributed by atoms with Crippen LogP contribution in [0.2, 0.25) is 0 Å². The predicted molar refractivity (Wildman–Crippen MR) is 84.7 cm³/mol. The maximum Gasteiger partial charge on any atom is 0.427 e. The van der Waals surface area contributed by atoms with Gasteiger partial charge in [-0.3, -0.25) is 0 Å². The van der Waals surface area contributed by atoms with Crippen molar-refractivity contribution in [3.05, 3.63) is 71.8 Å². The van der Waals surface area contributed by atoms with Crippen LogP contribution in [0.15, 0.2) is 71.0 Å². The van der Waals surface area contributed by atoms with Gasteiger partial charge in [0.15, 0.2) is 5.75 Å². The highest BCUT2D eigenvalue weighted by Crippen LogP contribution is 2.46. The molecule has 0 amide bonds. The first-order valence-electron chi connectivity index (χ1n) is 7.08. The standard InChI is InChI=1S/C16H13N3O3S/c20-23(21)19-16(12-17-18-19,11-10-13-6-2-1-3-7-13)14-8-4-5-9-15(14)22-23/h1-11H,12H2/b11-10+. The third-order valence-electron chi connectivity index (χ3n) is 3.91. The van der Waals surface area contributed by atoms with Gasteiger partial charge in [-0.15, -0.1) is 4.41 Å². The molecule has 2 aromatic rings. The summed E-state index contributed by atoms with van der Waals surface area (Å²) in [6.45, 7) is 0.218. The first-order chi connectivity index (χ1) is 11.1. The number of rotatable bonds is 2. The normalized spacial score (nSPS) is 24.3. The molecule has 2 heterocycles. The van der Waals surface area contributed by atoms with Crippen LogP contribution in [0.4, 0.5) is 0 Å². The molecule has 23 heavy (non-hydrogen) atoms. The Kier molecular flexibility index (Phi) is 2.99. The summed E-state index contributed by atoms with van der Waals surface area (Å²) in [6.07, 6.45) is 3.70. The highest BCUT2D eigenvalue weighted by Gasteiger charge is 2.53. The third-order valence-corrected chi connectivity index (χ3v) is 5.12. The third kappa shape index (κ3) is 2.12. The molecule has 0 aliphatic carbocycles. The summed E-state index contributed by atoms with van der Waals surface area (Å²) in [6, 6.07) is 16.7. The Hall–Kier alpha value is -2.67. The monoisotopic (exact) mass is 327 g/mol. The van der Waals surface area contributed by atoms with Crippen LogP contribution in [0, 0.1) is 0 Å². The molecular weight excluding hydrogens is 314 g/mol. The van der Waals surface area contributed by atoms with Gasteiger partial charge in [0.1, 0.15) is 5.54 Å². The zero-order valence-corrected chi connectivity index (χ0v) is 12.8. The molecule has 7 heteroatoms. The fraction of sp³-hybridized carbons (Fsp3) is 0.125. The van der Waals surface area contributed by atoms with Gasteiger partial charge >= 0.3 is 10.3 Å².